The van der Waals surface area contributed by atoms with Crippen LogP contribution in [0.4, 0.5) is 0 Å². The predicted molar refractivity (Wildman–Crippen MR) is 69.0 cm³/mol. The number of hydrogen-bond acceptors (Lipinski definition) is 5. The molecule has 0 fully saturated rings. The topological polar surface area (TPSA) is 62.2 Å². The molecular weight excluding hydrogens is 234 g/mol. The van der Waals surface area contributed by atoms with Crippen LogP contribution in [0.1, 0.15) is 5.56 Å². The van der Waals surface area contributed by atoms with Crippen molar-refractivity contribution in [1.82, 2.24) is 4.90 Å². The van der Waals surface area contributed by atoms with Gasteiger partial charge in [-0.25, -0.2) is 0 Å². The zero-order valence-corrected chi connectivity index (χ0v) is 11.1. The van der Waals surface area contributed by atoms with Gasteiger partial charge in [-0.05, 0) is 25.2 Å². The highest BCUT2D eigenvalue weighted by Crippen LogP contribution is 2.25. The maximum atomic E-state index is 9.14. The molecule has 0 heterocycles. The van der Waals surface area contributed by atoms with Gasteiger partial charge in [-0.1, -0.05) is 0 Å². The van der Waals surface area contributed by atoms with E-state index in [9.17, 15) is 0 Å². The first-order valence-electron chi connectivity index (χ1n) is 5.79. The van der Waals surface area contributed by atoms with Gasteiger partial charge in [0.25, 0.3) is 0 Å². The van der Waals surface area contributed by atoms with E-state index in [0.717, 1.165) is 17.1 Å². The van der Waals surface area contributed by atoms with Crippen LogP contribution in [0.5, 0.6) is 11.5 Å². The maximum absolute atomic E-state index is 9.14. The van der Waals surface area contributed by atoms with Crippen molar-refractivity contribution in [3.05, 3.63) is 23.8 Å². The summed E-state index contributed by atoms with van der Waals surface area (Å²) in [6.45, 7) is 0.394. The Morgan fingerprint density at radius 2 is 1.83 bits per heavy atom. The van der Waals surface area contributed by atoms with Crippen molar-refractivity contribution < 1.29 is 19.7 Å². The van der Waals surface area contributed by atoms with Crippen molar-refractivity contribution in [3.63, 3.8) is 0 Å². The van der Waals surface area contributed by atoms with Gasteiger partial charge in [0, 0.05) is 12.1 Å². The van der Waals surface area contributed by atoms with E-state index in [1.54, 1.807) is 14.2 Å². The van der Waals surface area contributed by atoms with Crippen molar-refractivity contribution in [1.29, 1.82) is 0 Å². The molecule has 0 unspecified atom stereocenters. The summed E-state index contributed by atoms with van der Waals surface area (Å²) in [5, 5.41) is 18.3. The number of rotatable bonds is 7. The van der Waals surface area contributed by atoms with Gasteiger partial charge in [-0.2, -0.15) is 0 Å². The van der Waals surface area contributed by atoms with Crippen LogP contribution in [0.2, 0.25) is 0 Å². The molecule has 0 atom stereocenters. The maximum Gasteiger partial charge on any atom is 0.123 e. The van der Waals surface area contributed by atoms with Crippen LogP contribution in [0, 0.1) is 0 Å². The second kappa shape index (κ2) is 7.20. The van der Waals surface area contributed by atoms with Crippen LogP contribution < -0.4 is 9.47 Å². The van der Waals surface area contributed by atoms with Crippen LogP contribution in [-0.4, -0.2) is 55.6 Å². The average molecular weight is 255 g/mol. The molecule has 0 aromatic heterocycles. The molecule has 0 spiro atoms. The SMILES string of the molecule is COc1ccc(OC)c(CN(C)C(CO)CO)c1. The minimum absolute atomic E-state index is 0.0840. The van der Waals surface area contributed by atoms with E-state index in [1.807, 2.05) is 30.1 Å². The monoisotopic (exact) mass is 255 g/mol. The van der Waals surface area contributed by atoms with E-state index >= 15 is 0 Å². The zero-order chi connectivity index (χ0) is 13.5. The minimum atomic E-state index is -0.277. The van der Waals surface area contributed by atoms with E-state index in [0.29, 0.717) is 6.54 Å². The van der Waals surface area contributed by atoms with Gasteiger partial charge >= 0.3 is 0 Å². The Labute approximate surface area is 108 Å². The number of hydrogen-bond donors (Lipinski definition) is 2. The van der Waals surface area contributed by atoms with Crippen LogP contribution in [0.15, 0.2) is 18.2 Å². The van der Waals surface area contributed by atoms with E-state index in [2.05, 4.69) is 0 Å². The number of aliphatic hydroxyl groups is 2. The normalized spacial score (nSPS) is 11.1. The van der Waals surface area contributed by atoms with Crippen molar-refractivity contribution in [2.24, 2.45) is 0 Å². The van der Waals surface area contributed by atoms with Gasteiger partial charge in [0.15, 0.2) is 0 Å². The van der Waals surface area contributed by atoms with Gasteiger partial charge in [0.05, 0.1) is 33.5 Å². The third-order valence-corrected chi connectivity index (χ3v) is 2.95. The fourth-order valence-electron chi connectivity index (χ4n) is 1.74. The summed E-state index contributed by atoms with van der Waals surface area (Å²) in [7, 11) is 5.07. The molecule has 0 aliphatic rings. The quantitative estimate of drug-likeness (QED) is 0.742. The van der Waals surface area contributed by atoms with Crippen LogP contribution in [-0.2, 0) is 6.54 Å². The Bertz CT molecular complexity index is 366. The van der Waals surface area contributed by atoms with Crippen molar-refractivity contribution in [2.75, 3.05) is 34.5 Å². The molecule has 0 aliphatic carbocycles. The second-order valence-electron chi connectivity index (χ2n) is 4.11. The van der Waals surface area contributed by atoms with Gasteiger partial charge in [0.2, 0.25) is 0 Å². The molecule has 5 heteroatoms. The fraction of sp³-hybridized carbons (Fsp3) is 0.538. The lowest BCUT2D eigenvalue weighted by molar-refractivity contribution is 0.0868. The van der Waals surface area contributed by atoms with E-state index in [-0.39, 0.29) is 19.3 Å². The molecule has 18 heavy (non-hydrogen) atoms. The highest BCUT2D eigenvalue weighted by Gasteiger charge is 2.15. The van der Waals surface area contributed by atoms with Gasteiger partial charge in [-0.15, -0.1) is 0 Å². The number of likely N-dealkylation sites (N-methyl/N-ethyl adjacent to an activating group) is 1. The molecule has 102 valence electrons. The number of nitrogens with zero attached hydrogens (tertiary/aromatic N) is 1. The zero-order valence-electron chi connectivity index (χ0n) is 11.1. The third-order valence-electron chi connectivity index (χ3n) is 2.95. The Hall–Kier alpha value is -1.30. The first kappa shape index (κ1) is 14.8. The summed E-state index contributed by atoms with van der Waals surface area (Å²) in [6.07, 6.45) is 0. The largest absolute Gasteiger partial charge is 0.497 e. The number of benzene rings is 1. The Balaban J connectivity index is 2.87. The molecule has 0 aliphatic heterocycles. The van der Waals surface area contributed by atoms with E-state index in [1.165, 1.54) is 0 Å². The van der Waals surface area contributed by atoms with Crippen molar-refractivity contribution in [3.8, 4) is 11.5 Å². The summed E-state index contributed by atoms with van der Waals surface area (Å²) in [4.78, 5) is 1.87. The Kier molecular flexibility index (Phi) is 5.91. The van der Waals surface area contributed by atoms with Crippen LogP contribution in [0.3, 0.4) is 0 Å². The van der Waals surface area contributed by atoms with Gasteiger partial charge in [-0.3, -0.25) is 4.90 Å². The lowest BCUT2D eigenvalue weighted by Gasteiger charge is -2.25. The lowest BCUT2D eigenvalue weighted by Crippen LogP contribution is -2.37. The lowest BCUT2D eigenvalue weighted by atomic mass is 10.1. The number of methoxy groups -OCH3 is 2. The van der Waals surface area contributed by atoms with Crippen molar-refractivity contribution >= 4 is 0 Å². The summed E-state index contributed by atoms with van der Waals surface area (Å²) < 4.78 is 10.5. The van der Waals surface area contributed by atoms with Crippen LogP contribution in [0.25, 0.3) is 0 Å². The minimum Gasteiger partial charge on any atom is -0.497 e. The molecule has 0 amide bonds. The molecule has 1 rings (SSSR count). The summed E-state index contributed by atoms with van der Waals surface area (Å²) in [5.74, 6) is 1.51. The standard InChI is InChI=1S/C13H21NO4/c1-14(11(8-15)9-16)7-10-6-12(17-2)4-5-13(10)18-3/h4-6,11,15-16H,7-9H2,1-3H3. The molecule has 0 saturated heterocycles. The highest BCUT2D eigenvalue weighted by atomic mass is 16.5. The van der Waals surface area contributed by atoms with Gasteiger partial charge < -0.3 is 19.7 Å². The molecule has 2 N–H and O–H groups in total. The smallest absolute Gasteiger partial charge is 0.123 e. The average Bonchev–Trinajstić information content (AvgIpc) is 2.40. The van der Waals surface area contributed by atoms with E-state index < -0.39 is 0 Å². The molecule has 0 saturated carbocycles. The molecule has 1 aromatic rings. The highest BCUT2D eigenvalue weighted by molar-refractivity contribution is 5.40. The first-order valence-corrected chi connectivity index (χ1v) is 5.79. The number of ether oxygens (including phenoxy) is 2. The summed E-state index contributed by atoms with van der Waals surface area (Å²) in [5.41, 5.74) is 0.950. The van der Waals surface area contributed by atoms with E-state index in [4.69, 9.17) is 19.7 Å². The molecule has 0 bridgehead atoms. The van der Waals surface area contributed by atoms with Crippen LogP contribution >= 0.6 is 0 Å². The summed E-state index contributed by atoms with van der Waals surface area (Å²) in [6, 6.07) is 5.29. The Morgan fingerprint density at radius 1 is 1.17 bits per heavy atom. The van der Waals surface area contributed by atoms with Gasteiger partial charge in [0.1, 0.15) is 11.5 Å². The fourth-order valence-corrected chi connectivity index (χ4v) is 1.74. The molecule has 1 aromatic carbocycles. The first-order chi connectivity index (χ1) is 8.65. The Morgan fingerprint density at radius 3 is 2.33 bits per heavy atom. The summed E-state index contributed by atoms with van der Waals surface area (Å²) >= 11 is 0. The molecular formula is C13H21NO4. The van der Waals surface area contributed by atoms with Crippen molar-refractivity contribution in [2.45, 2.75) is 12.6 Å². The molecule has 0 radical (unpaired) electrons. The molecule has 5 nitrogen and oxygen atoms in total. The predicted octanol–water partition coefficient (Wildman–Crippen LogP) is 0.489. The second-order valence-corrected chi connectivity index (χ2v) is 4.11. The number of aliphatic hydroxyl groups excluding tert-OH is 2. The third kappa shape index (κ3) is 3.60.